The number of halogens is 2. The fraction of sp³-hybridized carbons (Fsp3) is 0.650. The standard InChI is InChI=1S/C20H30Cl2N4O/c1-3-15(4-2)26-8-7-23-19(14-26)20(27)25-11-9-24(10-12-25)16-5-6-17(21)18(22)13-16/h5-6,13,15,19,23H,3-4,7-12,14H2,1-2H3/t19-/m1/s1. The van der Waals surface area contributed by atoms with Crippen molar-refractivity contribution in [2.45, 2.75) is 38.8 Å². The summed E-state index contributed by atoms with van der Waals surface area (Å²) in [5, 5.41) is 4.57. The van der Waals surface area contributed by atoms with E-state index >= 15 is 0 Å². The number of nitrogens with one attached hydrogen (secondary N) is 1. The number of nitrogens with zero attached hydrogens (tertiary/aromatic N) is 3. The van der Waals surface area contributed by atoms with Crippen LogP contribution in [0.25, 0.3) is 0 Å². The van der Waals surface area contributed by atoms with E-state index in [0.29, 0.717) is 16.1 Å². The maximum Gasteiger partial charge on any atom is 0.241 e. The molecule has 2 fully saturated rings. The van der Waals surface area contributed by atoms with Gasteiger partial charge in [-0.05, 0) is 31.0 Å². The highest BCUT2D eigenvalue weighted by atomic mass is 35.5. The van der Waals surface area contributed by atoms with Crippen LogP contribution < -0.4 is 10.2 Å². The third-order valence-electron chi connectivity index (χ3n) is 5.82. The Morgan fingerprint density at radius 3 is 2.44 bits per heavy atom. The van der Waals surface area contributed by atoms with Crippen molar-refractivity contribution in [3.8, 4) is 0 Å². The Morgan fingerprint density at radius 2 is 1.81 bits per heavy atom. The van der Waals surface area contributed by atoms with Crippen LogP contribution in [0.1, 0.15) is 26.7 Å². The Hall–Kier alpha value is -1.01. The quantitative estimate of drug-likeness (QED) is 0.805. The third kappa shape index (κ3) is 4.89. The van der Waals surface area contributed by atoms with Crippen molar-refractivity contribution in [2.75, 3.05) is 50.7 Å². The molecule has 150 valence electrons. The van der Waals surface area contributed by atoms with Gasteiger partial charge in [0.15, 0.2) is 0 Å². The van der Waals surface area contributed by atoms with Crippen LogP contribution in [-0.4, -0.2) is 73.6 Å². The van der Waals surface area contributed by atoms with Gasteiger partial charge in [-0.2, -0.15) is 0 Å². The molecule has 2 heterocycles. The highest BCUT2D eigenvalue weighted by molar-refractivity contribution is 6.42. The van der Waals surface area contributed by atoms with Gasteiger partial charge in [0.2, 0.25) is 5.91 Å². The number of hydrogen-bond acceptors (Lipinski definition) is 4. The number of rotatable bonds is 5. The van der Waals surface area contributed by atoms with E-state index in [2.05, 4.69) is 29.0 Å². The Morgan fingerprint density at radius 1 is 1.11 bits per heavy atom. The summed E-state index contributed by atoms with van der Waals surface area (Å²) < 4.78 is 0. The molecule has 1 N–H and O–H groups in total. The molecule has 5 nitrogen and oxygen atoms in total. The maximum atomic E-state index is 13.0. The predicted octanol–water partition coefficient (Wildman–Crippen LogP) is 3.10. The van der Waals surface area contributed by atoms with Gasteiger partial charge >= 0.3 is 0 Å². The molecule has 1 amide bonds. The van der Waals surface area contributed by atoms with Crippen LogP contribution in [0.3, 0.4) is 0 Å². The first kappa shape index (κ1) is 20.7. The van der Waals surface area contributed by atoms with Crippen LogP contribution in [0.2, 0.25) is 10.0 Å². The van der Waals surface area contributed by atoms with Crippen LogP contribution in [0.5, 0.6) is 0 Å². The van der Waals surface area contributed by atoms with Gasteiger partial charge in [0.25, 0.3) is 0 Å². The third-order valence-corrected chi connectivity index (χ3v) is 6.56. The number of anilines is 1. The summed E-state index contributed by atoms with van der Waals surface area (Å²) in [6, 6.07) is 6.21. The van der Waals surface area contributed by atoms with E-state index < -0.39 is 0 Å². The van der Waals surface area contributed by atoms with Crippen molar-refractivity contribution in [1.82, 2.24) is 15.1 Å². The van der Waals surface area contributed by atoms with Gasteiger partial charge in [-0.1, -0.05) is 37.0 Å². The summed E-state index contributed by atoms with van der Waals surface area (Å²) in [4.78, 5) is 19.8. The molecule has 0 aliphatic carbocycles. The molecule has 2 aliphatic heterocycles. The lowest BCUT2D eigenvalue weighted by molar-refractivity contribution is -0.135. The van der Waals surface area contributed by atoms with Gasteiger partial charge in [-0.25, -0.2) is 0 Å². The molecule has 1 aromatic carbocycles. The number of hydrogen-bond donors (Lipinski definition) is 1. The molecular formula is C20H30Cl2N4O. The molecule has 1 atom stereocenters. The lowest BCUT2D eigenvalue weighted by Gasteiger charge is -2.41. The first-order valence-corrected chi connectivity index (χ1v) is 10.7. The molecule has 0 saturated carbocycles. The second-order valence-electron chi connectivity index (χ2n) is 7.38. The minimum absolute atomic E-state index is 0.0872. The maximum absolute atomic E-state index is 13.0. The molecule has 27 heavy (non-hydrogen) atoms. The average molecular weight is 413 g/mol. The first-order chi connectivity index (χ1) is 13.0. The largest absolute Gasteiger partial charge is 0.368 e. The molecule has 1 aromatic rings. The zero-order valence-electron chi connectivity index (χ0n) is 16.3. The fourth-order valence-corrected chi connectivity index (χ4v) is 4.45. The van der Waals surface area contributed by atoms with Gasteiger partial charge < -0.3 is 15.1 Å². The molecule has 7 heteroatoms. The van der Waals surface area contributed by atoms with Crippen molar-refractivity contribution in [3.05, 3.63) is 28.2 Å². The zero-order chi connectivity index (χ0) is 19.4. The van der Waals surface area contributed by atoms with E-state index in [-0.39, 0.29) is 11.9 Å². The number of carbonyl (C=O) groups excluding carboxylic acids is 1. The zero-order valence-corrected chi connectivity index (χ0v) is 17.8. The van der Waals surface area contributed by atoms with E-state index in [0.717, 1.165) is 64.3 Å². The molecule has 0 radical (unpaired) electrons. The number of piperazine rings is 2. The second kappa shape index (κ2) is 9.46. The van der Waals surface area contributed by atoms with E-state index in [1.807, 2.05) is 23.1 Å². The molecule has 2 aliphatic rings. The number of carbonyl (C=O) groups is 1. The van der Waals surface area contributed by atoms with Crippen molar-refractivity contribution in [3.63, 3.8) is 0 Å². The summed E-state index contributed by atoms with van der Waals surface area (Å²) >= 11 is 12.2. The van der Waals surface area contributed by atoms with Crippen LogP contribution >= 0.6 is 23.2 Å². The van der Waals surface area contributed by atoms with Gasteiger partial charge in [-0.15, -0.1) is 0 Å². The lowest BCUT2D eigenvalue weighted by atomic mass is 10.1. The molecule has 0 unspecified atom stereocenters. The van der Waals surface area contributed by atoms with Crippen LogP contribution in [-0.2, 0) is 4.79 Å². The lowest BCUT2D eigenvalue weighted by Crippen LogP contribution is -2.61. The fourth-order valence-electron chi connectivity index (χ4n) is 4.16. The van der Waals surface area contributed by atoms with Crippen molar-refractivity contribution in [1.29, 1.82) is 0 Å². The van der Waals surface area contributed by atoms with E-state index in [1.54, 1.807) is 0 Å². The average Bonchev–Trinajstić information content (AvgIpc) is 2.71. The Balaban J connectivity index is 1.55. The first-order valence-electron chi connectivity index (χ1n) is 9.99. The molecule has 0 spiro atoms. The highest BCUT2D eigenvalue weighted by Gasteiger charge is 2.32. The molecular weight excluding hydrogens is 383 g/mol. The van der Waals surface area contributed by atoms with Gasteiger partial charge in [0.05, 0.1) is 16.1 Å². The second-order valence-corrected chi connectivity index (χ2v) is 8.20. The van der Waals surface area contributed by atoms with Gasteiger partial charge in [0, 0.05) is 57.5 Å². The van der Waals surface area contributed by atoms with E-state index in [9.17, 15) is 4.79 Å². The molecule has 0 bridgehead atoms. The topological polar surface area (TPSA) is 38.8 Å². The monoisotopic (exact) mass is 412 g/mol. The van der Waals surface area contributed by atoms with Crippen molar-refractivity contribution >= 4 is 34.8 Å². The Labute approximate surface area is 172 Å². The van der Waals surface area contributed by atoms with Gasteiger partial charge in [-0.3, -0.25) is 9.69 Å². The SMILES string of the molecule is CCC(CC)N1CCN[C@@H](C(=O)N2CCN(c3ccc(Cl)c(Cl)c3)CC2)C1. The normalized spacial score (nSPS) is 21.7. The molecule has 0 aromatic heterocycles. The smallest absolute Gasteiger partial charge is 0.241 e. The van der Waals surface area contributed by atoms with E-state index in [1.165, 1.54) is 0 Å². The summed E-state index contributed by atoms with van der Waals surface area (Å²) in [5.74, 6) is 0.236. The minimum atomic E-state index is -0.0872. The van der Waals surface area contributed by atoms with Crippen LogP contribution in [0, 0.1) is 0 Å². The number of amides is 1. The van der Waals surface area contributed by atoms with Crippen LogP contribution in [0.15, 0.2) is 18.2 Å². The predicted molar refractivity (Wildman–Crippen MR) is 113 cm³/mol. The van der Waals surface area contributed by atoms with E-state index in [4.69, 9.17) is 23.2 Å². The Bertz CT molecular complexity index is 645. The highest BCUT2D eigenvalue weighted by Crippen LogP contribution is 2.27. The van der Waals surface area contributed by atoms with Crippen molar-refractivity contribution < 1.29 is 4.79 Å². The summed E-state index contributed by atoms with van der Waals surface area (Å²) in [6.07, 6.45) is 2.28. The van der Waals surface area contributed by atoms with Gasteiger partial charge in [0.1, 0.15) is 0 Å². The summed E-state index contributed by atoms with van der Waals surface area (Å²) in [7, 11) is 0. The minimum Gasteiger partial charge on any atom is -0.368 e. The molecule has 2 saturated heterocycles. The van der Waals surface area contributed by atoms with Crippen molar-refractivity contribution in [2.24, 2.45) is 0 Å². The summed E-state index contributed by atoms with van der Waals surface area (Å²) in [5.41, 5.74) is 1.06. The Kier molecular flexibility index (Phi) is 7.26. The summed E-state index contributed by atoms with van der Waals surface area (Å²) in [6.45, 7) is 10.3. The van der Waals surface area contributed by atoms with Crippen LogP contribution in [0.4, 0.5) is 5.69 Å². The number of benzene rings is 1. The molecule has 3 rings (SSSR count).